The molecular formula is C8H11NO2. The summed E-state index contributed by atoms with van der Waals surface area (Å²) in [5.74, 6) is 0.209. The van der Waals surface area contributed by atoms with Gasteiger partial charge in [0.2, 0.25) is 0 Å². The number of hydrogen-bond donors (Lipinski definition) is 3. The van der Waals surface area contributed by atoms with Gasteiger partial charge in [-0.05, 0) is 12.1 Å². The van der Waals surface area contributed by atoms with Crippen molar-refractivity contribution in [3.05, 3.63) is 24.3 Å². The Bertz CT molecular complexity index is 225. The van der Waals surface area contributed by atoms with Gasteiger partial charge < -0.3 is 15.5 Å². The van der Waals surface area contributed by atoms with Gasteiger partial charge >= 0.3 is 0 Å². The minimum absolute atomic E-state index is 0.0638. The van der Waals surface area contributed by atoms with Crippen LogP contribution in [0, 0.1) is 0 Å². The van der Waals surface area contributed by atoms with E-state index in [1.54, 1.807) is 18.2 Å². The molecule has 60 valence electrons. The van der Waals surface area contributed by atoms with Crippen LogP contribution in [0.4, 0.5) is 5.69 Å². The van der Waals surface area contributed by atoms with E-state index in [0.29, 0.717) is 12.2 Å². The van der Waals surface area contributed by atoms with Gasteiger partial charge in [-0.1, -0.05) is 12.1 Å². The van der Waals surface area contributed by atoms with E-state index >= 15 is 0 Å². The molecule has 0 aromatic heterocycles. The Morgan fingerprint density at radius 3 is 2.64 bits per heavy atom. The summed E-state index contributed by atoms with van der Waals surface area (Å²) in [6.45, 7) is 0.520. The van der Waals surface area contributed by atoms with Gasteiger partial charge in [0.25, 0.3) is 0 Å². The molecule has 1 rings (SSSR count). The highest BCUT2D eigenvalue weighted by atomic mass is 16.3. The highest BCUT2D eigenvalue weighted by molar-refractivity contribution is 5.54. The highest BCUT2D eigenvalue weighted by Crippen LogP contribution is 2.20. The number of phenolic OH excluding ortho intramolecular Hbond substituents is 1. The first kappa shape index (κ1) is 7.88. The molecule has 11 heavy (non-hydrogen) atoms. The second-order valence-corrected chi connectivity index (χ2v) is 2.17. The Morgan fingerprint density at radius 1 is 1.27 bits per heavy atom. The predicted octanol–water partition coefficient (Wildman–Crippen LogP) is 0.796. The second kappa shape index (κ2) is 3.83. The summed E-state index contributed by atoms with van der Waals surface area (Å²) in [6.07, 6.45) is 0. The number of benzene rings is 1. The van der Waals surface area contributed by atoms with Gasteiger partial charge in [0.05, 0.1) is 12.3 Å². The van der Waals surface area contributed by atoms with Crippen molar-refractivity contribution in [3.8, 4) is 5.75 Å². The van der Waals surface area contributed by atoms with Gasteiger partial charge in [-0.25, -0.2) is 0 Å². The summed E-state index contributed by atoms with van der Waals surface area (Å²) >= 11 is 0. The van der Waals surface area contributed by atoms with Crippen molar-refractivity contribution in [3.63, 3.8) is 0 Å². The van der Waals surface area contributed by atoms with E-state index in [4.69, 9.17) is 5.11 Å². The van der Waals surface area contributed by atoms with E-state index in [1.807, 2.05) is 6.07 Å². The van der Waals surface area contributed by atoms with Gasteiger partial charge in [-0.2, -0.15) is 0 Å². The summed E-state index contributed by atoms with van der Waals surface area (Å²) in [4.78, 5) is 0. The van der Waals surface area contributed by atoms with Gasteiger partial charge in [0, 0.05) is 6.54 Å². The van der Waals surface area contributed by atoms with Crippen LogP contribution >= 0.6 is 0 Å². The third kappa shape index (κ3) is 2.13. The van der Waals surface area contributed by atoms with Gasteiger partial charge in [0.15, 0.2) is 0 Å². The number of rotatable bonds is 3. The van der Waals surface area contributed by atoms with Crippen LogP contribution in [-0.4, -0.2) is 23.4 Å². The third-order valence-corrected chi connectivity index (χ3v) is 1.33. The zero-order chi connectivity index (χ0) is 8.10. The Labute approximate surface area is 65.3 Å². The maximum Gasteiger partial charge on any atom is 0.138 e. The molecule has 0 saturated heterocycles. The SMILES string of the molecule is OCCNc1ccccc1O. The monoisotopic (exact) mass is 153 g/mol. The minimum atomic E-state index is 0.0638. The second-order valence-electron chi connectivity index (χ2n) is 2.17. The van der Waals surface area contributed by atoms with Crippen LogP contribution in [0.15, 0.2) is 24.3 Å². The lowest BCUT2D eigenvalue weighted by Gasteiger charge is -2.04. The zero-order valence-electron chi connectivity index (χ0n) is 6.12. The summed E-state index contributed by atoms with van der Waals surface area (Å²) in [7, 11) is 0. The van der Waals surface area contributed by atoms with Crippen LogP contribution in [0.25, 0.3) is 0 Å². The molecule has 0 unspecified atom stereocenters. The van der Waals surface area contributed by atoms with Crippen molar-refractivity contribution in [2.24, 2.45) is 0 Å². The molecule has 0 heterocycles. The molecule has 0 spiro atoms. The Kier molecular flexibility index (Phi) is 2.74. The van der Waals surface area contributed by atoms with E-state index in [9.17, 15) is 5.11 Å². The fraction of sp³-hybridized carbons (Fsp3) is 0.250. The first-order valence-corrected chi connectivity index (χ1v) is 3.47. The summed E-state index contributed by atoms with van der Waals surface area (Å²) in [5.41, 5.74) is 0.654. The molecule has 3 N–H and O–H groups in total. The van der Waals surface area contributed by atoms with Crippen LogP contribution in [0.5, 0.6) is 5.75 Å². The largest absolute Gasteiger partial charge is 0.506 e. The number of anilines is 1. The molecule has 0 radical (unpaired) electrons. The molecule has 0 fully saturated rings. The van der Waals surface area contributed by atoms with Crippen LogP contribution in [0.3, 0.4) is 0 Å². The summed E-state index contributed by atoms with van der Waals surface area (Å²) in [5, 5.41) is 20.5. The average Bonchev–Trinajstić information content (AvgIpc) is 2.03. The maximum atomic E-state index is 9.19. The molecule has 0 atom stereocenters. The Balaban J connectivity index is 2.62. The lowest BCUT2D eigenvalue weighted by atomic mass is 10.3. The third-order valence-electron chi connectivity index (χ3n) is 1.33. The number of para-hydroxylation sites is 2. The summed E-state index contributed by atoms with van der Waals surface area (Å²) in [6, 6.07) is 6.92. The molecule has 1 aromatic rings. The van der Waals surface area contributed by atoms with Gasteiger partial charge in [-0.15, -0.1) is 0 Å². The van der Waals surface area contributed by atoms with Crippen LogP contribution in [-0.2, 0) is 0 Å². The number of aliphatic hydroxyl groups is 1. The molecule has 1 aromatic carbocycles. The number of phenols is 1. The zero-order valence-corrected chi connectivity index (χ0v) is 6.12. The minimum Gasteiger partial charge on any atom is -0.506 e. The number of aliphatic hydroxyl groups excluding tert-OH is 1. The molecule has 0 saturated carbocycles. The molecule has 0 aliphatic rings. The number of nitrogens with one attached hydrogen (secondary N) is 1. The van der Waals surface area contributed by atoms with Crippen molar-refractivity contribution in [1.82, 2.24) is 0 Å². The smallest absolute Gasteiger partial charge is 0.138 e. The topological polar surface area (TPSA) is 52.5 Å². The van der Waals surface area contributed by atoms with Crippen molar-refractivity contribution in [1.29, 1.82) is 0 Å². The van der Waals surface area contributed by atoms with E-state index in [0.717, 1.165) is 0 Å². The van der Waals surface area contributed by atoms with Gasteiger partial charge in [0.1, 0.15) is 5.75 Å². The number of hydrogen-bond acceptors (Lipinski definition) is 3. The fourth-order valence-corrected chi connectivity index (χ4v) is 0.814. The van der Waals surface area contributed by atoms with Crippen molar-refractivity contribution in [2.45, 2.75) is 0 Å². The Hall–Kier alpha value is -1.22. The van der Waals surface area contributed by atoms with E-state index in [-0.39, 0.29) is 12.4 Å². The molecular weight excluding hydrogens is 142 g/mol. The summed E-state index contributed by atoms with van der Waals surface area (Å²) < 4.78 is 0. The first-order valence-electron chi connectivity index (χ1n) is 3.47. The fourth-order valence-electron chi connectivity index (χ4n) is 0.814. The van der Waals surface area contributed by atoms with E-state index < -0.39 is 0 Å². The molecule has 0 aliphatic heterocycles. The van der Waals surface area contributed by atoms with Crippen LogP contribution in [0.1, 0.15) is 0 Å². The molecule has 3 heteroatoms. The van der Waals surface area contributed by atoms with Crippen molar-refractivity contribution in [2.75, 3.05) is 18.5 Å². The van der Waals surface area contributed by atoms with E-state index in [2.05, 4.69) is 5.32 Å². The van der Waals surface area contributed by atoms with Crippen molar-refractivity contribution >= 4 is 5.69 Å². The highest BCUT2D eigenvalue weighted by Gasteiger charge is 1.95. The Morgan fingerprint density at radius 2 is 2.00 bits per heavy atom. The van der Waals surface area contributed by atoms with Gasteiger partial charge in [-0.3, -0.25) is 0 Å². The lowest BCUT2D eigenvalue weighted by molar-refractivity contribution is 0.311. The molecule has 0 aliphatic carbocycles. The molecule has 3 nitrogen and oxygen atoms in total. The predicted molar refractivity (Wildman–Crippen MR) is 43.7 cm³/mol. The van der Waals surface area contributed by atoms with Crippen molar-refractivity contribution < 1.29 is 10.2 Å². The normalized spacial score (nSPS) is 9.55. The standard InChI is InChI=1S/C8H11NO2/c10-6-5-9-7-3-1-2-4-8(7)11/h1-4,9-11H,5-6H2. The number of aromatic hydroxyl groups is 1. The first-order chi connectivity index (χ1) is 5.34. The van der Waals surface area contributed by atoms with Crippen LogP contribution in [0.2, 0.25) is 0 Å². The molecule has 0 bridgehead atoms. The maximum absolute atomic E-state index is 9.19. The quantitative estimate of drug-likeness (QED) is 0.563. The molecule has 0 amide bonds. The lowest BCUT2D eigenvalue weighted by Crippen LogP contribution is -2.05. The van der Waals surface area contributed by atoms with Crippen LogP contribution < -0.4 is 5.32 Å². The average molecular weight is 153 g/mol. The van der Waals surface area contributed by atoms with E-state index in [1.165, 1.54) is 0 Å².